The van der Waals surface area contributed by atoms with Gasteiger partial charge in [-0.15, -0.1) is 6.58 Å². The van der Waals surface area contributed by atoms with Crippen molar-refractivity contribution in [1.29, 1.82) is 0 Å². The quantitative estimate of drug-likeness (QED) is 0.593. The zero-order valence-electron chi connectivity index (χ0n) is 8.04. The number of hydrogen-bond acceptors (Lipinski definition) is 1. The van der Waals surface area contributed by atoms with Crippen molar-refractivity contribution in [2.75, 3.05) is 6.54 Å². The SMILES string of the molecule is C=CC[C@@H]1CCC(=O)N2CCC[C@@H]12. The Morgan fingerprint density at radius 2 is 2.38 bits per heavy atom. The Balaban J connectivity index is 2.07. The molecule has 2 nitrogen and oxygen atoms in total. The molecule has 2 fully saturated rings. The lowest BCUT2D eigenvalue weighted by Gasteiger charge is -2.36. The first-order valence-electron chi connectivity index (χ1n) is 5.23. The van der Waals surface area contributed by atoms with E-state index in [-0.39, 0.29) is 0 Å². The van der Waals surface area contributed by atoms with Gasteiger partial charge in [-0.3, -0.25) is 4.79 Å². The number of rotatable bonds is 2. The van der Waals surface area contributed by atoms with E-state index in [1.54, 1.807) is 0 Å². The van der Waals surface area contributed by atoms with Crippen molar-refractivity contribution in [2.24, 2.45) is 5.92 Å². The van der Waals surface area contributed by atoms with E-state index in [9.17, 15) is 4.79 Å². The van der Waals surface area contributed by atoms with Crippen LogP contribution in [0.1, 0.15) is 32.1 Å². The Kier molecular flexibility index (Phi) is 2.38. The second kappa shape index (κ2) is 3.52. The fourth-order valence-corrected chi connectivity index (χ4v) is 2.73. The first-order chi connectivity index (χ1) is 6.33. The molecule has 2 aliphatic heterocycles. The first kappa shape index (κ1) is 8.79. The average Bonchev–Trinajstić information content (AvgIpc) is 2.59. The highest BCUT2D eigenvalue weighted by Gasteiger charge is 2.37. The van der Waals surface area contributed by atoms with Crippen LogP contribution in [0.15, 0.2) is 12.7 Å². The minimum Gasteiger partial charge on any atom is -0.339 e. The van der Waals surface area contributed by atoms with Crippen molar-refractivity contribution in [3.8, 4) is 0 Å². The van der Waals surface area contributed by atoms with Crippen LogP contribution < -0.4 is 0 Å². The summed E-state index contributed by atoms with van der Waals surface area (Å²) in [5.41, 5.74) is 0. The molecule has 13 heavy (non-hydrogen) atoms. The van der Waals surface area contributed by atoms with E-state index in [1.807, 2.05) is 6.08 Å². The summed E-state index contributed by atoms with van der Waals surface area (Å²) in [5.74, 6) is 1.07. The highest BCUT2D eigenvalue weighted by molar-refractivity contribution is 5.77. The number of hydrogen-bond donors (Lipinski definition) is 0. The molecule has 2 heterocycles. The van der Waals surface area contributed by atoms with Gasteiger partial charge in [-0.2, -0.15) is 0 Å². The topological polar surface area (TPSA) is 20.3 Å². The predicted molar refractivity (Wildman–Crippen MR) is 52.3 cm³/mol. The predicted octanol–water partition coefficient (Wildman–Crippen LogP) is 1.96. The van der Waals surface area contributed by atoms with Crippen molar-refractivity contribution in [2.45, 2.75) is 38.1 Å². The van der Waals surface area contributed by atoms with Crippen LogP contribution in [-0.4, -0.2) is 23.4 Å². The second-order valence-corrected chi connectivity index (χ2v) is 4.12. The molecule has 2 saturated heterocycles. The minimum atomic E-state index is 0.378. The standard InChI is InChI=1S/C11H17NO/c1-2-4-9-6-7-11(13)12-8-3-5-10(9)12/h2,9-10H,1,3-8H2/t9-,10+/m1/s1. The van der Waals surface area contributed by atoms with Gasteiger partial charge in [0, 0.05) is 19.0 Å². The normalized spacial score (nSPS) is 33.2. The van der Waals surface area contributed by atoms with Gasteiger partial charge in [0.05, 0.1) is 0 Å². The maximum Gasteiger partial charge on any atom is 0.222 e. The van der Waals surface area contributed by atoms with Crippen LogP contribution in [0.2, 0.25) is 0 Å². The van der Waals surface area contributed by atoms with Crippen molar-refractivity contribution >= 4 is 5.91 Å². The van der Waals surface area contributed by atoms with Crippen LogP contribution in [0, 0.1) is 5.92 Å². The van der Waals surface area contributed by atoms with E-state index in [4.69, 9.17) is 0 Å². The van der Waals surface area contributed by atoms with Crippen LogP contribution in [0.4, 0.5) is 0 Å². The van der Waals surface area contributed by atoms with Crippen molar-refractivity contribution in [3.05, 3.63) is 12.7 Å². The third-order valence-electron chi connectivity index (χ3n) is 3.36. The monoisotopic (exact) mass is 179 g/mol. The number of amides is 1. The van der Waals surface area contributed by atoms with Gasteiger partial charge in [0.25, 0.3) is 0 Å². The molecule has 0 aromatic carbocycles. The van der Waals surface area contributed by atoms with Crippen LogP contribution in [0.25, 0.3) is 0 Å². The van der Waals surface area contributed by atoms with E-state index in [0.717, 1.165) is 25.8 Å². The van der Waals surface area contributed by atoms with Crippen LogP contribution >= 0.6 is 0 Å². The van der Waals surface area contributed by atoms with Crippen LogP contribution in [0.5, 0.6) is 0 Å². The molecule has 0 aromatic rings. The number of carbonyl (C=O) groups is 1. The number of fused-ring (bicyclic) bond motifs is 1. The third-order valence-corrected chi connectivity index (χ3v) is 3.36. The smallest absolute Gasteiger partial charge is 0.222 e. The minimum absolute atomic E-state index is 0.378. The van der Waals surface area contributed by atoms with Gasteiger partial charge in [-0.05, 0) is 31.6 Å². The van der Waals surface area contributed by atoms with Crippen LogP contribution in [-0.2, 0) is 4.79 Å². The lowest BCUT2D eigenvalue weighted by atomic mass is 9.86. The lowest BCUT2D eigenvalue weighted by Crippen LogP contribution is -2.44. The molecule has 0 bridgehead atoms. The number of allylic oxidation sites excluding steroid dienone is 1. The second-order valence-electron chi connectivity index (χ2n) is 4.12. The summed E-state index contributed by atoms with van der Waals surface area (Å²) < 4.78 is 0. The molecule has 2 aliphatic rings. The van der Waals surface area contributed by atoms with Gasteiger partial charge in [0.1, 0.15) is 0 Å². The molecular weight excluding hydrogens is 162 g/mol. The van der Waals surface area contributed by atoms with Gasteiger partial charge in [-0.1, -0.05) is 6.08 Å². The molecule has 0 spiro atoms. The lowest BCUT2D eigenvalue weighted by molar-refractivity contribution is -0.136. The molecule has 0 N–H and O–H groups in total. The Bertz CT molecular complexity index is 224. The molecule has 0 aliphatic carbocycles. The largest absolute Gasteiger partial charge is 0.339 e. The Morgan fingerprint density at radius 3 is 3.15 bits per heavy atom. The van der Waals surface area contributed by atoms with E-state index in [1.165, 1.54) is 12.8 Å². The van der Waals surface area contributed by atoms with Gasteiger partial charge < -0.3 is 4.90 Å². The highest BCUT2D eigenvalue weighted by atomic mass is 16.2. The molecule has 1 amide bonds. The maximum atomic E-state index is 11.5. The van der Waals surface area contributed by atoms with E-state index >= 15 is 0 Å². The summed E-state index contributed by atoms with van der Waals surface area (Å²) in [5, 5.41) is 0. The summed E-state index contributed by atoms with van der Waals surface area (Å²) in [7, 11) is 0. The summed E-state index contributed by atoms with van der Waals surface area (Å²) in [6.07, 6.45) is 7.32. The summed E-state index contributed by atoms with van der Waals surface area (Å²) in [6.45, 7) is 4.78. The van der Waals surface area contributed by atoms with E-state index < -0.39 is 0 Å². The third kappa shape index (κ3) is 1.50. The molecule has 0 radical (unpaired) electrons. The molecule has 2 heteroatoms. The maximum absolute atomic E-state index is 11.5. The highest BCUT2D eigenvalue weighted by Crippen LogP contribution is 2.34. The number of carbonyl (C=O) groups excluding carboxylic acids is 1. The zero-order chi connectivity index (χ0) is 9.26. The molecular formula is C11H17NO. The fourth-order valence-electron chi connectivity index (χ4n) is 2.73. The number of nitrogens with zero attached hydrogens (tertiary/aromatic N) is 1. The first-order valence-corrected chi connectivity index (χ1v) is 5.23. The molecule has 2 rings (SSSR count). The van der Waals surface area contributed by atoms with Gasteiger partial charge >= 0.3 is 0 Å². The molecule has 72 valence electrons. The van der Waals surface area contributed by atoms with Crippen molar-refractivity contribution in [1.82, 2.24) is 4.90 Å². The van der Waals surface area contributed by atoms with Crippen LogP contribution in [0.3, 0.4) is 0 Å². The van der Waals surface area contributed by atoms with Gasteiger partial charge in [0.15, 0.2) is 0 Å². The van der Waals surface area contributed by atoms with Crippen molar-refractivity contribution < 1.29 is 4.79 Å². The molecule has 0 aromatic heterocycles. The molecule has 2 atom stereocenters. The summed E-state index contributed by atoms with van der Waals surface area (Å²) in [4.78, 5) is 13.6. The Morgan fingerprint density at radius 1 is 1.54 bits per heavy atom. The summed E-state index contributed by atoms with van der Waals surface area (Å²) >= 11 is 0. The summed E-state index contributed by atoms with van der Waals surface area (Å²) in [6, 6.07) is 0.541. The average molecular weight is 179 g/mol. The number of piperidine rings is 1. The fraction of sp³-hybridized carbons (Fsp3) is 0.727. The van der Waals surface area contributed by atoms with Gasteiger partial charge in [0.2, 0.25) is 5.91 Å². The Labute approximate surface area is 79.6 Å². The molecule has 0 saturated carbocycles. The van der Waals surface area contributed by atoms with E-state index in [2.05, 4.69) is 11.5 Å². The van der Waals surface area contributed by atoms with Gasteiger partial charge in [-0.25, -0.2) is 0 Å². The van der Waals surface area contributed by atoms with Crippen molar-refractivity contribution in [3.63, 3.8) is 0 Å². The molecule has 0 unspecified atom stereocenters. The zero-order valence-corrected chi connectivity index (χ0v) is 8.04. The Hall–Kier alpha value is -0.790. The van der Waals surface area contributed by atoms with E-state index in [0.29, 0.717) is 17.9 Å².